The van der Waals surface area contributed by atoms with Gasteiger partial charge in [-0.05, 0) is 35.9 Å². The number of benzene rings is 2. The average Bonchev–Trinajstić information content (AvgIpc) is 3.14. The summed E-state index contributed by atoms with van der Waals surface area (Å²) in [6.07, 6.45) is 2.06. The molecule has 1 atom stereocenters. The van der Waals surface area contributed by atoms with Crippen molar-refractivity contribution in [2.24, 2.45) is 5.10 Å². The molecule has 0 fully saturated rings. The molecule has 134 valence electrons. The van der Waals surface area contributed by atoms with Crippen LogP contribution in [0.2, 0.25) is 5.02 Å². The second-order valence-corrected chi connectivity index (χ2v) is 6.63. The number of halogens is 1. The maximum absolute atomic E-state index is 13.0. The van der Waals surface area contributed by atoms with Gasteiger partial charge in [-0.1, -0.05) is 48.0 Å². The number of hydrazone groups is 1. The minimum Gasteiger partial charge on any atom is -0.508 e. The van der Waals surface area contributed by atoms with Gasteiger partial charge < -0.3 is 5.11 Å². The Morgan fingerprint density at radius 1 is 1.04 bits per heavy atom. The Bertz CT molecular complexity index is 1000. The number of phenolic OH excluding ortho intramolecular Hbond substituents is 1. The first-order valence-corrected chi connectivity index (χ1v) is 8.87. The lowest BCUT2D eigenvalue weighted by Crippen LogP contribution is -2.27. The Balaban J connectivity index is 1.75. The highest BCUT2D eigenvalue weighted by Gasteiger charge is 2.35. The molecule has 6 heteroatoms. The van der Waals surface area contributed by atoms with E-state index < -0.39 is 6.04 Å². The number of nitrogens with zero attached hydrogens (tertiary/aromatic N) is 3. The molecule has 0 aliphatic carbocycles. The zero-order chi connectivity index (χ0) is 18.8. The van der Waals surface area contributed by atoms with Crippen LogP contribution >= 0.6 is 11.6 Å². The highest BCUT2D eigenvalue weighted by atomic mass is 35.5. The predicted octanol–water partition coefficient (Wildman–Crippen LogP) is 4.43. The number of amides is 1. The second-order valence-electron chi connectivity index (χ2n) is 6.20. The third-order valence-electron chi connectivity index (χ3n) is 4.48. The molecule has 0 saturated heterocycles. The maximum atomic E-state index is 13.0. The molecule has 3 aromatic rings. The van der Waals surface area contributed by atoms with Gasteiger partial charge in [-0.3, -0.25) is 9.78 Å². The van der Waals surface area contributed by atoms with Crippen molar-refractivity contribution >= 4 is 23.2 Å². The van der Waals surface area contributed by atoms with Crippen LogP contribution in [0, 0.1) is 0 Å². The van der Waals surface area contributed by atoms with Crippen LogP contribution in [0.4, 0.5) is 0 Å². The van der Waals surface area contributed by atoms with Gasteiger partial charge in [0.1, 0.15) is 11.4 Å². The van der Waals surface area contributed by atoms with E-state index in [0.29, 0.717) is 22.7 Å². The Hall–Kier alpha value is -3.18. The number of aromatic hydroxyl groups is 1. The van der Waals surface area contributed by atoms with Gasteiger partial charge in [0, 0.05) is 23.2 Å². The van der Waals surface area contributed by atoms with E-state index in [1.807, 2.05) is 18.2 Å². The zero-order valence-electron chi connectivity index (χ0n) is 14.3. The summed E-state index contributed by atoms with van der Waals surface area (Å²) >= 11 is 5.98. The normalized spacial score (nSPS) is 16.3. The van der Waals surface area contributed by atoms with Crippen LogP contribution in [0.3, 0.4) is 0 Å². The number of phenols is 1. The molecule has 1 aliphatic rings. The van der Waals surface area contributed by atoms with Crippen molar-refractivity contribution in [1.29, 1.82) is 0 Å². The quantitative estimate of drug-likeness (QED) is 0.734. The second kappa shape index (κ2) is 7.21. The monoisotopic (exact) mass is 377 g/mol. The topological polar surface area (TPSA) is 65.8 Å². The SMILES string of the molecule is O=C(c1ccccn1)N1N=C(c2ccc(Cl)cc2)CC1c1ccccc1O. The lowest BCUT2D eigenvalue weighted by molar-refractivity contribution is 0.0703. The van der Waals surface area contributed by atoms with Gasteiger partial charge in [0.25, 0.3) is 5.91 Å². The molecule has 2 heterocycles. The number of para-hydroxylation sites is 1. The third kappa shape index (κ3) is 3.41. The van der Waals surface area contributed by atoms with Crippen LogP contribution in [0.15, 0.2) is 78.0 Å². The number of hydrogen-bond acceptors (Lipinski definition) is 4. The summed E-state index contributed by atoms with van der Waals surface area (Å²) < 4.78 is 0. The molecular formula is C21H16ClN3O2. The molecule has 1 amide bonds. The molecule has 1 aliphatic heterocycles. The number of hydrogen-bond donors (Lipinski definition) is 1. The van der Waals surface area contributed by atoms with Crippen LogP contribution in [0.25, 0.3) is 0 Å². The fourth-order valence-electron chi connectivity index (χ4n) is 3.13. The molecule has 5 nitrogen and oxygen atoms in total. The zero-order valence-corrected chi connectivity index (χ0v) is 15.0. The van der Waals surface area contributed by atoms with Crippen LogP contribution in [0.1, 0.15) is 34.1 Å². The smallest absolute Gasteiger partial charge is 0.293 e. The molecule has 27 heavy (non-hydrogen) atoms. The number of carbonyl (C=O) groups excluding carboxylic acids is 1. The summed E-state index contributed by atoms with van der Waals surface area (Å²) in [5.41, 5.74) is 2.59. The van der Waals surface area contributed by atoms with Crippen molar-refractivity contribution in [3.8, 4) is 5.75 Å². The van der Waals surface area contributed by atoms with E-state index in [-0.39, 0.29) is 11.7 Å². The molecule has 0 spiro atoms. The first-order chi connectivity index (χ1) is 13.1. The summed E-state index contributed by atoms with van der Waals surface area (Å²) in [5, 5.41) is 16.9. The van der Waals surface area contributed by atoms with Gasteiger partial charge in [0.05, 0.1) is 11.8 Å². The average molecular weight is 378 g/mol. The molecule has 0 saturated carbocycles. The van der Waals surface area contributed by atoms with Gasteiger partial charge in [0.15, 0.2) is 0 Å². The van der Waals surface area contributed by atoms with Gasteiger partial charge in [-0.15, -0.1) is 0 Å². The largest absolute Gasteiger partial charge is 0.508 e. The van der Waals surface area contributed by atoms with E-state index in [1.165, 1.54) is 5.01 Å². The molecule has 1 aromatic heterocycles. The van der Waals surface area contributed by atoms with Crippen molar-refractivity contribution in [2.75, 3.05) is 0 Å². The molecule has 1 unspecified atom stereocenters. The highest BCUT2D eigenvalue weighted by molar-refractivity contribution is 6.30. The Morgan fingerprint density at radius 2 is 1.78 bits per heavy atom. The van der Waals surface area contributed by atoms with Crippen molar-refractivity contribution < 1.29 is 9.90 Å². The standard InChI is InChI=1S/C21H16ClN3O2/c22-15-10-8-14(9-11-15)18-13-19(16-5-1-2-7-20(16)26)25(24-18)21(27)17-6-3-4-12-23-17/h1-12,19,26H,13H2. The predicted molar refractivity (Wildman–Crippen MR) is 104 cm³/mol. The Kier molecular flexibility index (Phi) is 4.60. The van der Waals surface area contributed by atoms with Gasteiger partial charge >= 0.3 is 0 Å². The minimum atomic E-state index is -0.411. The number of pyridine rings is 1. The Labute approximate surface area is 161 Å². The molecule has 1 N–H and O–H groups in total. The first-order valence-electron chi connectivity index (χ1n) is 8.49. The number of aromatic nitrogens is 1. The van der Waals surface area contributed by atoms with Gasteiger partial charge in [-0.2, -0.15) is 5.10 Å². The van der Waals surface area contributed by atoms with Crippen LogP contribution in [-0.2, 0) is 0 Å². The fourth-order valence-corrected chi connectivity index (χ4v) is 3.26. The van der Waals surface area contributed by atoms with Gasteiger partial charge in [0.2, 0.25) is 0 Å². The minimum absolute atomic E-state index is 0.133. The van der Waals surface area contributed by atoms with Crippen LogP contribution < -0.4 is 0 Å². The summed E-state index contributed by atoms with van der Waals surface area (Å²) in [4.78, 5) is 17.2. The maximum Gasteiger partial charge on any atom is 0.293 e. The van der Waals surface area contributed by atoms with E-state index in [9.17, 15) is 9.90 Å². The molecule has 0 bridgehead atoms. The summed E-state index contributed by atoms with van der Waals surface area (Å²) in [7, 11) is 0. The number of carbonyl (C=O) groups is 1. The third-order valence-corrected chi connectivity index (χ3v) is 4.73. The summed E-state index contributed by atoms with van der Waals surface area (Å²) in [5.74, 6) is -0.179. The van der Waals surface area contributed by atoms with E-state index in [0.717, 1.165) is 11.3 Å². The van der Waals surface area contributed by atoms with E-state index >= 15 is 0 Å². The Morgan fingerprint density at radius 3 is 2.48 bits per heavy atom. The lowest BCUT2D eigenvalue weighted by Gasteiger charge is -2.22. The van der Waals surface area contributed by atoms with Gasteiger partial charge in [-0.25, -0.2) is 5.01 Å². The number of rotatable bonds is 3. The van der Waals surface area contributed by atoms with E-state index in [1.54, 1.807) is 54.7 Å². The summed E-state index contributed by atoms with van der Waals surface area (Å²) in [6, 6.07) is 19.1. The summed E-state index contributed by atoms with van der Waals surface area (Å²) in [6.45, 7) is 0. The fraction of sp³-hybridized carbons (Fsp3) is 0.0952. The molecular weight excluding hydrogens is 362 g/mol. The van der Waals surface area contributed by atoms with Crippen LogP contribution in [-0.4, -0.2) is 26.7 Å². The molecule has 2 aromatic carbocycles. The van der Waals surface area contributed by atoms with E-state index in [2.05, 4.69) is 10.1 Å². The van der Waals surface area contributed by atoms with Crippen LogP contribution in [0.5, 0.6) is 5.75 Å². The van der Waals surface area contributed by atoms with Crippen molar-refractivity contribution in [3.05, 3.63) is 94.8 Å². The van der Waals surface area contributed by atoms with Crippen molar-refractivity contribution in [3.63, 3.8) is 0 Å². The highest BCUT2D eigenvalue weighted by Crippen LogP contribution is 2.37. The van der Waals surface area contributed by atoms with E-state index in [4.69, 9.17) is 11.6 Å². The lowest BCUT2D eigenvalue weighted by atomic mass is 9.97. The molecule has 0 radical (unpaired) electrons. The van der Waals surface area contributed by atoms with Crippen molar-refractivity contribution in [2.45, 2.75) is 12.5 Å². The van der Waals surface area contributed by atoms with Crippen molar-refractivity contribution in [1.82, 2.24) is 9.99 Å². The first kappa shape index (κ1) is 17.2. The molecule has 4 rings (SSSR count).